The highest BCUT2D eigenvalue weighted by Gasteiger charge is 2.18. The highest BCUT2D eigenvalue weighted by atomic mass is 19.2. The van der Waals surface area contributed by atoms with E-state index in [0.717, 1.165) is 17.2 Å². The van der Waals surface area contributed by atoms with Gasteiger partial charge in [0.25, 0.3) is 5.91 Å². The molecule has 0 aliphatic rings. The third kappa shape index (κ3) is 4.03. The molecule has 0 saturated carbocycles. The Morgan fingerprint density at radius 2 is 1.83 bits per heavy atom. The highest BCUT2D eigenvalue weighted by Crippen LogP contribution is 2.18. The normalized spacial score (nSPS) is 10.5. The van der Waals surface area contributed by atoms with Gasteiger partial charge in [0.15, 0.2) is 17.5 Å². The number of aryl methyl sites for hydroxylation is 2. The second-order valence-electron chi connectivity index (χ2n) is 5.10. The van der Waals surface area contributed by atoms with Crippen molar-refractivity contribution in [1.82, 2.24) is 5.32 Å². The number of carbonyl (C=O) groups is 1. The lowest BCUT2D eigenvalue weighted by Crippen LogP contribution is -2.29. The van der Waals surface area contributed by atoms with Crippen LogP contribution in [-0.2, 0) is 0 Å². The third-order valence-electron chi connectivity index (χ3n) is 3.26. The van der Waals surface area contributed by atoms with Crippen LogP contribution in [0.3, 0.4) is 0 Å². The van der Waals surface area contributed by atoms with Crippen LogP contribution in [0.1, 0.15) is 21.5 Å². The van der Waals surface area contributed by atoms with Gasteiger partial charge in [0, 0.05) is 0 Å². The lowest BCUT2D eigenvalue weighted by atomic mass is 10.1. The van der Waals surface area contributed by atoms with E-state index in [4.69, 9.17) is 4.74 Å². The van der Waals surface area contributed by atoms with Crippen LogP contribution in [0.5, 0.6) is 5.75 Å². The molecule has 0 aliphatic carbocycles. The molecule has 3 nitrogen and oxygen atoms in total. The molecule has 2 aromatic carbocycles. The predicted octanol–water partition coefficient (Wildman–Crippen LogP) is 3.53. The first-order valence-electron chi connectivity index (χ1n) is 7.02. The van der Waals surface area contributed by atoms with Crippen molar-refractivity contribution in [3.8, 4) is 5.75 Å². The number of ether oxygens (including phenoxy) is 1. The van der Waals surface area contributed by atoms with E-state index < -0.39 is 28.9 Å². The fraction of sp³-hybridized carbons (Fsp3) is 0.235. The molecular formula is C17H16F3NO2. The molecule has 0 unspecified atom stereocenters. The van der Waals surface area contributed by atoms with Crippen molar-refractivity contribution in [2.75, 3.05) is 13.2 Å². The van der Waals surface area contributed by atoms with Gasteiger partial charge < -0.3 is 10.1 Å². The highest BCUT2D eigenvalue weighted by molar-refractivity contribution is 5.94. The maximum absolute atomic E-state index is 13.5. The molecule has 2 rings (SSSR count). The minimum atomic E-state index is -1.66. The Kier molecular flexibility index (Phi) is 5.26. The van der Waals surface area contributed by atoms with Gasteiger partial charge in [-0.1, -0.05) is 17.7 Å². The monoisotopic (exact) mass is 323 g/mol. The van der Waals surface area contributed by atoms with E-state index in [1.807, 2.05) is 32.0 Å². The summed E-state index contributed by atoms with van der Waals surface area (Å²) in [5.41, 5.74) is 1.52. The van der Waals surface area contributed by atoms with E-state index in [9.17, 15) is 18.0 Å². The van der Waals surface area contributed by atoms with Gasteiger partial charge in [-0.15, -0.1) is 0 Å². The van der Waals surface area contributed by atoms with Crippen molar-refractivity contribution in [2.24, 2.45) is 0 Å². The summed E-state index contributed by atoms with van der Waals surface area (Å²) in [6.07, 6.45) is 0. The molecular weight excluding hydrogens is 307 g/mol. The zero-order valence-corrected chi connectivity index (χ0v) is 12.8. The Morgan fingerprint density at radius 3 is 2.52 bits per heavy atom. The van der Waals surface area contributed by atoms with E-state index >= 15 is 0 Å². The van der Waals surface area contributed by atoms with Gasteiger partial charge in [-0.3, -0.25) is 4.79 Å². The van der Waals surface area contributed by atoms with Crippen LogP contribution in [-0.4, -0.2) is 19.1 Å². The molecule has 0 spiro atoms. The van der Waals surface area contributed by atoms with Crippen LogP contribution in [0.4, 0.5) is 13.2 Å². The van der Waals surface area contributed by atoms with Gasteiger partial charge in [-0.25, -0.2) is 13.2 Å². The fourth-order valence-electron chi connectivity index (χ4n) is 2.08. The fourth-order valence-corrected chi connectivity index (χ4v) is 2.08. The maximum atomic E-state index is 13.5. The molecule has 0 heterocycles. The zero-order chi connectivity index (χ0) is 17.0. The van der Waals surface area contributed by atoms with Crippen molar-refractivity contribution >= 4 is 5.91 Å². The SMILES string of the molecule is Cc1ccc(OCCNC(=O)c2ccc(F)c(F)c2F)c(C)c1. The van der Waals surface area contributed by atoms with Gasteiger partial charge >= 0.3 is 0 Å². The van der Waals surface area contributed by atoms with Crippen molar-refractivity contribution in [2.45, 2.75) is 13.8 Å². The van der Waals surface area contributed by atoms with Gasteiger partial charge in [-0.05, 0) is 37.6 Å². The second-order valence-corrected chi connectivity index (χ2v) is 5.10. The molecule has 0 aliphatic heterocycles. The van der Waals surface area contributed by atoms with Gasteiger partial charge in [0.1, 0.15) is 12.4 Å². The first kappa shape index (κ1) is 16.9. The Balaban J connectivity index is 1.89. The quantitative estimate of drug-likeness (QED) is 0.675. The number of nitrogens with one attached hydrogen (secondary N) is 1. The topological polar surface area (TPSA) is 38.3 Å². The standard InChI is InChI=1S/C17H16F3NO2/c1-10-3-6-14(11(2)9-10)23-8-7-21-17(22)12-4-5-13(18)16(20)15(12)19/h3-6,9H,7-8H2,1-2H3,(H,21,22). The smallest absolute Gasteiger partial charge is 0.254 e. The average Bonchev–Trinajstić information content (AvgIpc) is 2.51. The van der Waals surface area contributed by atoms with Gasteiger partial charge in [-0.2, -0.15) is 0 Å². The summed E-state index contributed by atoms with van der Waals surface area (Å²) in [5, 5.41) is 2.39. The Bertz CT molecular complexity index is 732. The maximum Gasteiger partial charge on any atom is 0.254 e. The first-order chi connectivity index (χ1) is 10.9. The van der Waals surface area contributed by atoms with Crippen molar-refractivity contribution in [3.63, 3.8) is 0 Å². The minimum Gasteiger partial charge on any atom is -0.491 e. The number of rotatable bonds is 5. The number of hydrogen-bond acceptors (Lipinski definition) is 2. The van der Waals surface area contributed by atoms with E-state index in [2.05, 4.69) is 5.32 Å². The summed E-state index contributed by atoms with van der Waals surface area (Å²) in [5.74, 6) is -4.64. The van der Waals surface area contributed by atoms with Gasteiger partial charge in [0.2, 0.25) is 0 Å². The lowest BCUT2D eigenvalue weighted by molar-refractivity contribution is 0.0941. The first-order valence-corrected chi connectivity index (χ1v) is 7.02. The molecule has 122 valence electrons. The molecule has 0 atom stereocenters. The Labute approximate surface area is 132 Å². The van der Waals surface area contributed by atoms with E-state index in [1.54, 1.807) is 0 Å². The summed E-state index contributed by atoms with van der Waals surface area (Å²) < 4.78 is 44.9. The Hall–Kier alpha value is -2.50. The van der Waals surface area contributed by atoms with Crippen molar-refractivity contribution < 1.29 is 22.7 Å². The molecule has 0 fully saturated rings. The molecule has 2 aromatic rings. The number of halogens is 3. The number of amides is 1. The summed E-state index contributed by atoms with van der Waals surface area (Å²) in [6, 6.07) is 7.29. The Morgan fingerprint density at radius 1 is 1.09 bits per heavy atom. The number of carbonyl (C=O) groups excluding carboxylic acids is 1. The van der Waals surface area contributed by atoms with Crippen molar-refractivity contribution in [1.29, 1.82) is 0 Å². The molecule has 0 bridgehead atoms. The number of benzene rings is 2. The van der Waals surface area contributed by atoms with Crippen LogP contribution in [0.25, 0.3) is 0 Å². The molecule has 6 heteroatoms. The second kappa shape index (κ2) is 7.17. The van der Waals surface area contributed by atoms with E-state index in [1.165, 1.54) is 0 Å². The molecule has 1 amide bonds. The van der Waals surface area contributed by atoms with Crippen LogP contribution in [0.15, 0.2) is 30.3 Å². The van der Waals surface area contributed by atoms with Crippen molar-refractivity contribution in [3.05, 3.63) is 64.5 Å². The van der Waals surface area contributed by atoms with E-state index in [-0.39, 0.29) is 13.2 Å². The number of hydrogen-bond donors (Lipinski definition) is 1. The zero-order valence-electron chi connectivity index (χ0n) is 12.8. The molecule has 23 heavy (non-hydrogen) atoms. The molecule has 1 N–H and O–H groups in total. The summed E-state index contributed by atoms with van der Waals surface area (Å²) in [4.78, 5) is 11.8. The van der Waals surface area contributed by atoms with Crippen LogP contribution < -0.4 is 10.1 Å². The van der Waals surface area contributed by atoms with Crippen LogP contribution in [0, 0.1) is 31.3 Å². The molecule has 0 radical (unpaired) electrons. The average molecular weight is 323 g/mol. The summed E-state index contributed by atoms with van der Waals surface area (Å²) in [6.45, 7) is 4.14. The predicted molar refractivity (Wildman–Crippen MR) is 80.1 cm³/mol. The lowest BCUT2D eigenvalue weighted by Gasteiger charge is -2.11. The largest absolute Gasteiger partial charge is 0.491 e. The van der Waals surface area contributed by atoms with E-state index in [0.29, 0.717) is 11.8 Å². The molecule has 0 aromatic heterocycles. The third-order valence-corrected chi connectivity index (χ3v) is 3.26. The van der Waals surface area contributed by atoms with Crippen LogP contribution in [0.2, 0.25) is 0 Å². The van der Waals surface area contributed by atoms with Gasteiger partial charge in [0.05, 0.1) is 12.1 Å². The summed E-state index contributed by atoms with van der Waals surface area (Å²) >= 11 is 0. The van der Waals surface area contributed by atoms with Crippen LogP contribution >= 0.6 is 0 Å². The summed E-state index contributed by atoms with van der Waals surface area (Å²) in [7, 11) is 0. The minimum absolute atomic E-state index is 0.102. The molecule has 0 saturated heterocycles.